The predicted molar refractivity (Wildman–Crippen MR) is 148 cm³/mol. The third-order valence-electron chi connectivity index (χ3n) is 7.51. The first-order valence-electron chi connectivity index (χ1n) is 13.0. The molecule has 1 aromatic carbocycles. The number of thiophene rings is 1. The molecule has 2 aromatic heterocycles. The summed E-state index contributed by atoms with van der Waals surface area (Å²) >= 11 is 1.68. The zero-order chi connectivity index (χ0) is 24.7. The summed E-state index contributed by atoms with van der Waals surface area (Å²) in [6.45, 7) is 11.6. The fourth-order valence-electron chi connectivity index (χ4n) is 5.72. The fourth-order valence-corrected chi connectivity index (χ4v) is 7.05. The number of nitrogens with one attached hydrogen (secondary N) is 1. The lowest BCUT2D eigenvalue weighted by molar-refractivity contribution is 0.0918. The van der Waals surface area contributed by atoms with Gasteiger partial charge >= 0.3 is 0 Å². The maximum atomic E-state index is 13.2. The van der Waals surface area contributed by atoms with Gasteiger partial charge < -0.3 is 19.9 Å². The van der Waals surface area contributed by atoms with Gasteiger partial charge in [0.15, 0.2) is 5.78 Å². The van der Waals surface area contributed by atoms with E-state index in [2.05, 4.69) is 65.4 Å². The van der Waals surface area contributed by atoms with E-state index in [9.17, 15) is 4.79 Å². The number of ketones is 1. The molecule has 3 aliphatic rings. The van der Waals surface area contributed by atoms with E-state index in [1.807, 2.05) is 6.20 Å². The van der Waals surface area contributed by atoms with Crippen molar-refractivity contribution < 1.29 is 9.53 Å². The molecular weight excluding hydrogens is 468 g/mol. The Labute approximate surface area is 217 Å². The van der Waals surface area contributed by atoms with Crippen molar-refractivity contribution in [1.29, 1.82) is 0 Å². The molecule has 0 amide bonds. The molecule has 6 nitrogen and oxygen atoms in total. The van der Waals surface area contributed by atoms with E-state index < -0.39 is 0 Å². The molecule has 0 saturated carbocycles. The lowest BCUT2D eigenvalue weighted by Gasteiger charge is -2.30. The van der Waals surface area contributed by atoms with Crippen molar-refractivity contribution in [3.63, 3.8) is 0 Å². The van der Waals surface area contributed by atoms with E-state index in [4.69, 9.17) is 9.72 Å². The first-order chi connectivity index (χ1) is 17.5. The van der Waals surface area contributed by atoms with Gasteiger partial charge in [0.2, 0.25) is 0 Å². The second-order valence-electron chi connectivity index (χ2n) is 10.8. The summed E-state index contributed by atoms with van der Waals surface area (Å²) < 4.78 is 5.64. The number of hydrogen-bond donors (Lipinski definition) is 1. The van der Waals surface area contributed by atoms with E-state index in [0.717, 1.165) is 80.6 Å². The first kappa shape index (κ1) is 23.6. The van der Waals surface area contributed by atoms with E-state index in [1.54, 1.807) is 11.3 Å². The quantitative estimate of drug-likeness (QED) is 0.549. The first-order valence-corrected chi connectivity index (χ1v) is 13.8. The predicted octanol–water partition coefficient (Wildman–Crippen LogP) is 4.88. The van der Waals surface area contributed by atoms with Crippen LogP contribution in [0.15, 0.2) is 42.6 Å². The van der Waals surface area contributed by atoms with Crippen LogP contribution in [-0.4, -0.2) is 63.2 Å². The lowest BCUT2D eigenvalue weighted by atomic mass is 9.75. The van der Waals surface area contributed by atoms with E-state index >= 15 is 0 Å². The summed E-state index contributed by atoms with van der Waals surface area (Å²) in [5.74, 6) is 0.282. The van der Waals surface area contributed by atoms with Crippen molar-refractivity contribution in [3.05, 3.63) is 53.0 Å². The van der Waals surface area contributed by atoms with Crippen LogP contribution in [0, 0.1) is 5.41 Å². The Bertz CT molecular complexity index is 1270. The summed E-state index contributed by atoms with van der Waals surface area (Å²) in [7, 11) is 0. The van der Waals surface area contributed by atoms with Crippen LogP contribution in [0.5, 0.6) is 0 Å². The second-order valence-corrected chi connectivity index (χ2v) is 11.8. The summed E-state index contributed by atoms with van der Waals surface area (Å²) in [4.78, 5) is 23.8. The van der Waals surface area contributed by atoms with Gasteiger partial charge in [-0.15, -0.1) is 11.3 Å². The third kappa shape index (κ3) is 4.56. The minimum absolute atomic E-state index is 0.0321. The zero-order valence-electron chi connectivity index (χ0n) is 21.2. The van der Waals surface area contributed by atoms with Crippen LogP contribution in [0.4, 0.5) is 10.7 Å². The number of hydrogen-bond acceptors (Lipinski definition) is 7. The largest absolute Gasteiger partial charge is 0.378 e. The van der Waals surface area contributed by atoms with Gasteiger partial charge in [-0.25, -0.2) is 0 Å². The summed E-state index contributed by atoms with van der Waals surface area (Å²) in [5.41, 5.74) is 6.90. The summed E-state index contributed by atoms with van der Waals surface area (Å²) in [6.07, 6.45) is 3.45. The van der Waals surface area contributed by atoms with Crippen LogP contribution in [0.2, 0.25) is 0 Å². The highest BCUT2D eigenvalue weighted by molar-refractivity contribution is 7.19. The average molecular weight is 503 g/mol. The highest BCUT2D eigenvalue weighted by Gasteiger charge is 2.37. The molecule has 36 heavy (non-hydrogen) atoms. The van der Waals surface area contributed by atoms with Crippen LogP contribution in [-0.2, 0) is 11.2 Å². The van der Waals surface area contributed by atoms with Crippen molar-refractivity contribution in [2.75, 3.05) is 62.3 Å². The molecule has 0 unspecified atom stereocenters. The molecule has 2 aliphatic heterocycles. The molecule has 3 aromatic rings. The highest BCUT2D eigenvalue weighted by atomic mass is 32.1. The molecule has 1 aliphatic carbocycles. The molecule has 0 atom stereocenters. The summed E-state index contributed by atoms with van der Waals surface area (Å²) in [6, 6.07) is 13.1. The Morgan fingerprint density at radius 3 is 2.58 bits per heavy atom. The number of pyridine rings is 1. The Kier molecular flexibility index (Phi) is 6.32. The molecule has 2 saturated heterocycles. The molecule has 2 fully saturated rings. The number of fused-ring (bicyclic) bond motifs is 1. The maximum absolute atomic E-state index is 13.2. The molecule has 0 bridgehead atoms. The van der Waals surface area contributed by atoms with Gasteiger partial charge in [0.05, 0.1) is 28.8 Å². The van der Waals surface area contributed by atoms with Gasteiger partial charge in [-0.3, -0.25) is 9.78 Å². The monoisotopic (exact) mass is 502 g/mol. The zero-order valence-corrected chi connectivity index (χ0v) is 22.0. The SMILES string of the molecule is CC1(C)CC(=O)c2sc(N3CCOCC3)c(-c3ccnc(-c4cccc(N5CCNCC5)c4)c3)c2C1. The lowest BCUT2D eigenvalue weighted by Crippen LogP contribution is -2.43. The van der Waals surface area contributed by atoms with Gasteiger partial charge in [0.1, 0.15) is 0 Å². The average Bonchev–Trinajstić information content (AvgIpc) is 3.28. The van der Waals surface area contributed by atoms with Gasteiger partial charge in [0, 0.05) is 68.7 Å². The molecular formula is C29H34N4O2S. The van der Waals surface area contributed by atoms with Crippen LogP contribution in [0.3, 0.4) is 0 Å². The topological polar surface area (TPSA) is 57.7 Å². The Morgan fingerprint density at radius 2 is 1.78 bits per heavy atom. The summed E-state index contributed by atoms with van der Waals surface area (Å²) in [5, 5.41) is 4.64. The van der Waals surface area contributed by atoms with Crippen LogP contribution >= 0.6 is 11.3 Å². The van der Waals surface area contributed by atoms with Gasteiger partial charge in [-0.05, 0) is 47.2 Å². The minimum atomic E-state index is -0.0321. The van der Waals surface area contributed by atoms with Gasteiger partial charge in [-0.1, -0.05) is 26.0 Å². The molecule has 4 heterocycles. The number of ether oxygens (including phenoxy) is 1. The Balaban J connectivity index is 1.43. The number of aromatic nitrogens is 1. The molecule has 6 rings (SSSR count). The smallest absolute Gasteiger partial charge is 0.173 e. The number of rotatable bonds is 4. The van der Waals surface area contributed by atoms with Gasteiger partial charge in [-0.2, -0.15) is 0 Å². The van der Waals surface area contributed by atoms with E-state index in [-0.39, 0.29) is 11.2 Å². The molecule has 7 heteroatoms. The van der Waals surface area contributed by atoms with Crippen molar-refractivity contribution in [2.45, 2.75) is 26.7 Å². The Hall–Kier alpha value is -2.74. The van der Waals surface area contributed by atoms with Crippen LogP contribution in [0.1, 0.15) is 35.5 Å². The fraction of sp³-hybridized carbons (Fsp3) is 0.448. The maximum Gasteiger partial charge on any atom is 0.173 e. The number of nitrogens with zero attached hydrogens (tertiary/aromatic N) is 3. The van der Waals surface area contributed by atoms with Crippen molar-refractivity contribution >= 4 is 27.8 Å². The van der Waals surface area contributed by atoms with Crippen molar-refractivity contribution in [3.8, 4) is 22.4 Å². The van der Waals surface area contributed by atoms with Crippen molar-refractivity contribution in [1.82, 2.24) is 10.3 Å². The number of piperazine rings is 1. The number of carbonyl (C=O) groups excluding carboxylic acids is 1. The number of carbonyl (C=O) groups is 1. The van der Waals surface area contributed by atoms with Gasteiger partial charge in [0.25, 0.3) is 0 Å². The molecule has 0 spiro atoms. The molecule has 1 N–H and O–H groups in total. The van der Waals surface area contributed by atoms with Crippen LogP contribution in [0.25, 0.3) is 22.4 Å². The number of morpholine rings is 1. The third-order valence-corrected chi connectivity index (χ3v) is 8.84. The Morgan fingerprint density at radius 1 is 0.972 bits per heavy atom. The normalized spacial score (nSPS) is 19.9. The van der Waals surface area contributed by atoms with E-state index in [0.29, 0.717) is 6.42 Å². The van der Waals surface area contributed by atoms with E-state index in [1.165, 1.54) is 21.8 Å². The highest BCUT2D eigenvalue weighted by Crippen LogP contribution is 2.49. The molecule has 188 valence electrons. The minimum Gasteiger partial charge on any atom is -0.378 e. The van der Waals surface area contributed by atoms with Crippen molar-refractivity contribution in [2.24, 2.45) is 5.41 Å². The molecule has 0 radical (unpaired) electrons. The number of anilines is 2. The standard InChI is InChI=1S/C29H34N4O2S/c1-29(2)18-23-26(28(33-12-14-35-15-13-33)36-27(23)25(34)19-29)21-6-7-31-24(17-21)20-4-3-5-22(16-20)32-10-8-30-9-11-32/h3-7,16-17,30H,8-15,18-19H2,1-2H3. The number of Topliss-reactive ketones (excluding diaryl/α,β-unsaturated/α-hetero) is 1. The van der Waals surface area contributed by atoms with Crippen LogP contribution < -0.4 is 15.1 Å². The second kappa shape index (κ2) is 9.61. The number of benzene rings is 1.